The van der Waals surface area contributed by atoms with E-state index in [9.17, 15) is 0 Å². The van der Waals surface area contributed by atoms with Crippen LogP contribution in [0.3, 0.4) is 0 Å². The van der Waals surface area contributed by atoms with Gasteiger partial charge in [-0.25, -0.2) is 0 Å². The van der Waals surface area contributed by atoms with Crippen LogP contribution in [0.1, 0.15) is 18.7 Å². The maximum Gasteiger partial charge on any atom is 0.122 e. The van der Waals surface area contributed by atoms with Gasteiger partial charge in [0.25, 0.3) is 0 Å². The fourth-order valence-corrected chi connectivity index (χ4v) is 0.740. The third-order valence-electron chi connectivity index (χ3n) is 1.44. The number of hydrogen-bond acceptors (Lipinski definition) is 3. The van der Waals surface area contributed by atoms with Gasteiger partial charge in [0.2, 0.25) is 0 Å². The molecule has 0 aliphatic heterocycles. The van der Waals surface area contributed by atoms with Crippen LogP contribution in [0.5, 0.6) is 0 Å². The molecule has 3 heteroatoms. The molecule has 0 saturated heterocycles. The summed E-state index contributed by atoms with van der Waals surface area (Å²) in [4.78, 5) is 0. The first kappa shape index (κ1) is 7.31. The second kappa shape index (κ2) is 2.86. The molecule has 0 aromatic carbocycles. The Morgan fingerprint density at radius 3 is 2.60 bits per heavy atom. The Bertz CT molecular complexity index is 181. The molecule has 1 aromatic rings. The van der Waals surface area contributed by atoms with Crippen molar-refractivity contribution in [1.82, 2.24) is 0 Å². The van der Waals surface area contributed by atoms with E-state index in [-0.39, 0.29) is 12.1 Å². The van der Waals surface area contributed by atoms with Crippen molar-refractivity contribution < 1.29 is 4.42 Å². The molecule has 2 atom stereocenters. The molecule has 4 N–H and O–H groups in total. The summed E-state index contributed by atoms with van der Waals surface area (Å²) in [6, 6.07) is 3.38. The quantitative estimate of drug-likeness (QED) is 0.633. The second-order valence-electron chi connectivity index (χ2n) is 2.40. The summed E-state index contributed by atoms with van der Waals surface area (Å²) in [6.07, 6.45) is 1.59. The van der Waals surface area contributed by atoms with Gasteiger partial charge in [0.1, 0.15) is 5.76 Å². The number of rotatable bonds is 2. The van der Waals surface area contributed by atoms with Crippen molar-refractivity contribution in [2.45, 2.75) is 19.0 Å². The summed E-state index contributed by atoms with van der Waals surface area (Å²) in [7, 11) is 0. The Morgan fingerprint density at radius 1 is 1.50 bits per heavy atom. The van der Waals surface area contributed by atoms with Gasteiger partial charge in [-0.15, -0.1) is 0 Å². The summed E-state index contributed by atoms with van der Waals surface area (Å²) in [5.74, 6) is 0.745. The fourth-order valence-electron chi connectivity index (χ4n) is 0.740. The minimum Gasteiger partial charge on any atom is -0.468 e. The van der Waals surface area contributed by atoms with Gasteiger partial charge >= 0.3 is 0 Å². The van der Waals surface area contributed by atoms with E-state index in [4.69, 9.17) is 15.9 Å². The lowest BCUT2D eigenvalue weighted by Gasteiger charge is -2.11. The van der Waals surface area contributed by atoms with Crippen LogP contribution in [0.4, 0.5) is 0 Å². The van der Waals surface area contributed by atoms with Gasteiger partial charge < -0.3 is 15.9 Å². The van der Waals surface area contributed by atoms with E-state index in [1.54, 1.807) is 12.3 Å². The number of nitrogens with two attached hydrogens (primary N) is 2. The smallest absolute Gasteiger partial charge is 0.122 e. The van der Waals surface area contributed by atoms with E-state index in [2.05, 4.69) is 0 Å². The molecule has 0 radical (unpaired) electrons. The van der Waals surface area contributed by atoms with Gasteiger partial charge in [-0.3, -0.25) is 0 Å². The molecule has 0 spiro atoms. The highest BCUT2D eigenvalue weighted by molar-refractivity contribution is 5.05. The molecule has 1 heterocycles. The Balaban J connectivity index is 2.68. The molecule has 0 amide bonds. The van der Waals surface area contributed by atoms with Crippen molar-refractivity contribution in [1.29, 1.82) is 0 Å². The molecule has 0 saturated carbocycles. The van der Waals surface area contributed by atoms with Crippen molar-refractivity contribution in [2.75, 3.05) is 0 Å². The molecule has 56 valence electrons. The van der Waals surface area contributed by atoms with Gasteiger partial charge in [0.05, 0.1) is 12.3 Å². The third-order valence-corrected chi connectivity index (χ3v) is 1.44. The topological polar surface area (TPSA) is 65.2 Å². The van der Waals surface area contributed by atoms with Crippen LogP contribution in [-0.2, 0) is 0 Å². The zero-order chi connectivity index (χ0) is 7.56. The number of furan rings is 1. The summed E-state index contributed by atoms with van der Waals surface area (Å²) in [5, 5.41) is 0. The molecule has 10 heavy (non-hydrogen) atoms. The van der Waals surface area contributed by atoms with Gasteiger partial charge in [0.15, 0.2) is 0 Å². The van der Waals surface area contributed by atoms with Crippen molar-refractivity contribution in [3.63, 3.8) is 0 Å². The zero-order valence-corrected chi connectivity index (χ0v) is 5.95. The molecular weight excluding hydrogens is 128 g/mol. The van der Waals surface area contributed by atoms with E-state index in [0.717, 1.165) is 5.76 Å². The highest BCUT2D eigenvalue weighted by Crippen LogP contribution is 2.12. The first-order chi connectivity index (χ1) is 4.72. The Morgan fingerprint density at radius 2 is 2.20 bits per heavy atom. The van der Waals surface area contributed by atoms with Crippen molar-refractivity contribution in [2.24, 2.45) is 11.5 Å². The second-order valence-corrected chi connectivity index (χ2v) is 2.40. The van der Waals surface area contributed by atoms with Crippen LogP contribution >= 0.6 is 0 Å². The van der Waals surface area contributed by atoms with E-state index in [1.165, 1.54) is 0 Å². The average Bonchev–Trinajstić information content (AvgIpc) is 2.36. The largest absolute Gasteiger partial charge is 0.468 e. The van der Waals surface area contributed by atoms with Crippen LogP contribution in [0.2, 0.25) is 0 Å². The van der Waals surface area contributed by atoms with Gasteiger partial charge in [-0.05, 0) is 19.1 Å². The van der Waals surface area contributed by atoms with Crippen molar-refractivity contribution in [3.8, 4) is 0 Å². The number of hydrogen-bond donors (Lipinski definition) is 2. The van der Waals surface area contributed by atoms with Gasteiger partial charge in [-0.2, -0.15) is 0 Å². The molecule has 0 bridgehead atoms. The SMILES string of the molecule is C[C@H](N)[C@@H](N)c1ccco1. The predicted octanol–water partition coefficient (Wildman–Crippen LogP) is 0.627. The maximum absolute atomic E-state index is 5.66. The molecule has 0 aliphatic rings. The monoisotopic (exact) mass is 140 g/mol. The molecule has 3 nitrogen and oxygen atoms in total. The molecule has 0 fully saturated rings. The molecular formula is C7H12N2O. The minimum absolute atomic E-state index is 0.0638. The summed E-state index contributed by atoms with van der Waals surface area (Å²) < 4.78 is 5.05. The maximum atomic E-state index is 5.66. The Kier molecular flexibility index (Phi) is 2.09. The average molecular weight is 140 g/mol. The first-order valence-corrected chi connectivity index (χ1v) is 3.26. The molecule has 1 rings (SSSR count). The zero-order valence-electron chi connectivity index (χ0n) is 5.95. The summed E-state index contributed by atoms with van der Waals surface area (Å²) in [6.45, 7) is 1.85. The highest BCUT2D eigenvalue weighted by atomic mass is 16.3. The highest BCUT2D eigenvalue weighted by Gasteiger charge is 2.12. The van der Waals surface area contributed by atoms with Crippen LogP contribution in [0.25, 0.3) is 0 Å². The van der Waals surface area contributed by atoms with E-state index in [0.29, 0.717) is 0 Å². The minimum atomic E-state index is -0.185. The van der Waals surface area contributed by atoms with Gasteiger partial charge in [0, 0.05) is 6.04 Å². The summed E-state index contributed by atoms with van der Waals surface area (Å²) >= 11 is 0. The van der Waals surface area contributed by atoms with Crippen LogP contribution in [-0.4, -0.2) is 6.04 Å². The molecule has 1 aromatic heterocycles. The predicted molar refractivity (Wildman–Crippen MR) is 39.3 cm³/mol. The standard InChI is InChI=1S/C7H12N2O/c1-5(8)7(9)6-3-2-4-10-6/h2-5,7H,8-9H2,1H3/t5-,7+/m0/s1. The fraction of sp³-hybridized carbons (Fsp3) is 0.429. The van der Waals surface area contributed by atoms with E-state index >= 15 is 0 Å². The van der Waals surface area contributed by atoms with Crippen molar-refractivity contribution in [3.05, 3.63) is 24.2 Å². The Labute approximate surface area is 60.0 Å². The van der Waals surface area contributed by atoms with E-state index in [1.807, 2.05) is 13.0 Å². The van der Waals surface area contributed by atoms with Crippen molar-refractivity contribution >= 4 is 0 Å². The molecule has 0 unspecified atom stereocenters. The molecule has 0 aliphatic carbocycles. The lowest BCUT2D eigenvalue weighted by Crippen LogP contribution is -2.30. The Hall–Kier alpha value is -0.800. The third kappa shape index (κ3) is 1.37. The first-order valence-electron chi connectivity index (χ1n) is 3.26. The van der Waals surface area contributed by atoms with Crippen LogP contribution in [0.15, 0.2) is 22.8 Å². The van der Waals surface area contributed by atoms with Gasteiger partial charge in [-0.1, -0.05) is 0 Å². The normalized spacial score (nSPS) is 16.7. The van der Waals surface area contributed by atoms with E-state index < -0.39 is 0 Å². The lowest BCUT2D eigenvalue weighted by molar-refractivity contribution is 0.435. The summed E-state index contributed by atoms with van der Waals surface area (Å²) in [5.41, 5.74) is 11.2. The lowest BCUT2D eigenvalue weighted by atomic mass is 10.1. The van der Waals surface area contributed by atoms with Crippen LogP contribution in [0, 0.1) is 0 Å². The van der Waals surface area contributed by atoms with Crippen LogP contribution < -0.4 is 11.5 Å².